The minimum atomic E-state index is 0. The first-order valence-electron chi connectivity index (χ1n) is 34.0. The van der Waals surface area contributed by atoms with Gasteiger partial charge in [0.2, 0.25) is 5.91 Å². The zero-order valence-corrected chi connectivity index (χ0v) is 58.8. The number of amides is 3. The maximum atomic E-state index is 12.5. The molecule has 6 saturated heterocycles. The number of hydrogen-bond acceptors (Lipinski definition) is 9. The molecule has 0 saturated carbocycles. The summed E-state index contributed by atoms with van der Waals surface area (Å²) in [5, 5.41) is 0. The molecule has 496 valence electrons. The highest BCUT2D eigenvalue weighted by molar-refractivity contribution is 5.95. The molecule has 0 unspecified atom stereocenters. The van der Waals surface area contributed by atoms with E-state index in [0.717, 1.165) is 108 Å². The van der Waals surface area contributed by atoms with Crippen LogP contribution in [0.15, 0.2) is 66.9 Å². The molecule has 2 aromatic carbocycles. The van der Waals surface area contributed by atoms with E-state index in [1.807, 2.05) is 45.2 Å². The van der Waals surface area contributed by atoms with Crippen molar-refractivity contribution in [3.8, 4) is 23.7 Å². The van der Waals surface area contributed by atoms with Gasteiger partial charge in [0.1, 0.15) is 5.82 Å². The Kier molecular flexibility index (Phi) is 30.4. The first-order chi connectivity index (χ1) is 41.3. The fourth-order valence-corrected chi connectivity index (χ4v) is 11.4. The highest BCUT2D eigenvalue weighted by Gasteiger charge is 2.35. The molecule has 12 nitrogen and oxygen atoms in total. The van der Waals surface area contributed by atoms with Crippen molar-refractivity contribution in [2.24, 2.45) is 16.7 Å². The summed E-state index contributed by atoms with van der Waals surface area (Å²) in [6.07, 6.45) is 11.9. The molecule has 3 amide bonds. The average molecular weight is 1220 g/mol. The molecule has 0 N–H and O–H groups in total. The van der Waals surface area contributed by atoms with E-state index in [4.69, 9.17) is 0 Å². The highest BCUT2D eigenvalue weighted by atomic mass is 16.2. The summed E-state index contributed by atoms with van der Waals surface area (Å²) in [5.74, 6) is 15.7. The highest BCUT2D eigenvalue weighted by Crippen LogP contribution is 2.28. The van der Waals surface area contributed by atoms with Crippen molar-refractivity contribution in [1.29, 1.82) is 0 Å². The molecule has 7 heterocycles. The number of likely N-dealkylation sites (N-methyl/N-ethyl adjacent to an activating group) is 2. The predicted octanol–water partition coefficient (Wildman–Crippen LogP) is 14.0. The summed E-state index contributed by atoms with van der Waals surface area (Å²) < 4.78 is 0. The van der Waals surface area contributed by atoms with E-state index < -0.39 is 0 Å². The van der Waals surface area contributed by atoms with E-state index in [-0.39, 0.29) is 52.2 Å². The standard InChI is InChI=1S/C17H26N2O.C16H26N2O.C16H23NO.C14H22N2.C13H24N2.CH4/c1-5-18-10-12-19(13-11-18)16(20)14-6-8-15(9-7-14)17(2,3)4;1-13(19)18-11-15(12-18)17-9-6-14(7-10-17)5-8-16(2,3)4;1-16(2,3)14-9-7-13(8-10-14)15(18)17-11-5-4-6-12-17;1-14(2,3)12-7-8-13(15-11-12)16-9-5-4-6-10-16;1-5-14-9-11-15(12-10-14)8-6-7-13(2,3)4;/h6-9H,5,10-13H2,1-4H3;14-15H,6-7,9-12H2,1-4H3;7-10H,4-6,11-12H2,1-3H3;7-8,11H,4-6,9-10H2,1-3H3;5,8-12H2,1-4H3;1H4. The van der Waals surface area contributed by atoms with Crippen LogP contribution in [0.2, 0.25) is 0 Å². The van der Waals surface area contributed by atoms with Gasteiger partial charge in [0.05, 0.1) is 6.54 Å². The van der Waals surface area contributed by atoms with Crippen molar-refractivity contribution in [3.05, 3.63) is 94.7 Å². The average Bonchev–Trinajstić information content (AvgIpc) is 1.37. The lowest BCUT2D eigenvalue weighted by molar-refractivity contribution is -0.136. The summed E-state index contributed by atoms with van der Waals surface area (Å²) in [4.78, 5) is 58.7. The smallest absolute Gasteiger partial charge is 0.253 e. The topological polar surface area (TPSA) is 90.0 Å². The Morgan fingerprint density at radius 1 is 0.472 bits per heavy atom. The van der Waals surface area contributed by atoms with Crippen LogP contribution in [0.1, 0.15) is 221 Å². The van der Waals surface area contributed by atoms with Gasteiger partial charge in [0, 0.05) is 139 Å². The maximum Gasteiger partial charge on any atom is 0.253 e. The Morgan fingerprint density at radius 2 is 0.876 bits per heavy atom. The number of piperazine rings is 2. The monoisotopic (exact) mass is 1220 g/mol. The molecule has 0 bridgehead atoms. The van der Waals surface area contributed by atoms with Crippen LogP contribution in [0.5, 0.6) is 0 Å². The van der Waals surface area contributed by atoms with Gasteiger partial charge in [-0.15, -0.1) is 0 Å². The predicted molar refractivity (Wildman–Crippen MR) is 377 cm³/mol. The number of hydrogen-bond donors (Lipinski definition) is 0. The van der Waals surface area contributed by atoms with Gasteiger partial charge in [-0.3, -0.25) is 24.2 Å². The Morgan fingerprint density at radius 3 is 1.27 bits per heavy atom. The number of carbonyl (C=O) groups is 3. The second kappa shape index (κ2) is 35.5. The summed E-state index contributed by atoms with van der Waals surface area (Å²) >= 11 is 0. The fraction of sp³-hybridized carbons (Fsp3) is 0.688. The number of pyridine rings is 1. The van der Waals surface area contributed by atoms with E-state index in [1.165, 1.54) is 101 Å². The van der Waals surface area contributed by atoms with Crippen LogP contribution in [0.25, 0.3) is 0 Å². The van der Waals surface area contributed by atoms with E-state index in [0.29, 0.717) is 12.0 Å². The Balaban J connectivity index is 0.000000238. The lowest BCUT2D eigenvalue weighted by Crippen LogP contribution is -2.61. The first-order valence-corrected chi connectivity index (χ1v) is 34.0. The third-order valence-electron chi connectivity index (χ3n) is 17.7. The van der Waals surface area contributed by atoms with E-state index in [1.54, 1.807) is 6.92 Å². The zero-order valence-electron chi connectivity index (χ0n) is 58.8. The lowest BCUT2D eigenvalue weighted by atomic mass is 9.86. The number of carbonyl (C=O) groups excluding carboxylic acids is 3. The second-order valence-electron chi connectivity index (χ2n) is 30.6. The van der Waals surface area contributed by atoms with Crippen LogP contribution in [-0.4, -0.2) is 187 Å². The molecule has 0 spiro atoms. The van der Waals surface area contributed by atoms with Gasteiger partial charge >= 0.3 is 0 Å². The molecule has 6 aliphatic heterocycles. The second-order valence-corrected chi connectivity index (χ2v) is 30.6. The number of benzene rings is 2. The number of piperidine rings is 3. The quantitative estimate of drug-likeness (QED) is 0.215. The van der Waals surface area contributed by atoms with Gasteiger partial charge in [-0.25, -0.2) is 4.98 Å². The molecule has 3 aromatic rings. The molecule has 0 radical (unpaired) electrons. The Bertz CT molecular complexity index is 2680. The van der Waals surface area contributed by atoms with Crippen LogP contribution < -0.4 is 4.90 Å². The number of likely N-dealkylation sites (tertiary alicyclic amines) is 3. The number of aromatic nitrogens is 1. The molecule has 1 aromatic heterocycles. The minimum absolute atomic E-state index is 0. The van der Waals surface area contributed by atoms with Gasteiger partial charge in [-0.1, -0.05) is 138 Å². The third kappa shape index (κ3) is 26.9. The van der Waals surface area contributed by atoms with E-state index >= 15 is 0 Å². The van der Waals surface area contributed by atoms with Gasteiger partial charge < -0.3 is 29.4 Å². The van der Waals surface area contributed by atoms with Crippen LogP contribution in [0.3, 0.4) is 0 Å². The van der Waals surface area contributed by atoms with Crippen LogP contribution >= 0.6 is 0 Å². The van der Waals surface area contributed by atoms with Gasteiger partial charge in [0.25, 0.3) is 11.8 Å². The Labute approximate surface area is 544 Å². The van der Waals surface area contributed by atoms with Gasteiger partial charge in [-0.2, -0.15) is 0 Å². The number of nitrogens with zero attached hydrogens (tertiary/aromatic N) is 9. The minimum Gasteiger partial charge on any atom is -0.357 e. The summed E-state index contributed by atoms with van der Waals surface area (Å²) in [6.45, 7) is 58.8. The van der Waals surface area contributed by atoms with Crippen LogP contribution in [-0.2, 0) is 21.0 Å². The molecule has 0 aliphatic carbocycles. The normalized spacial score (nSPS) is 18.6. The molecule has 0 atom stereocenters. The summed E-state index contributed by atoms with van der Waals surface area (Å²) in [5.41, 5.74) is 6.23. The number of anilines is 1. The SMILES string of the molecule is C.CC(=O)N1CC(N2CCC(C#CC(C)(C)C)CC2)C1.CC(C)(C)c1ccc(C(=O)N2CCCCC2)cc1.CC(C)(C)c1ccc(N2CCCCC2)nc1.CCN1CCN(C(=O)c2ccc(C(C)(C)C)cc2)CC1.CCN1CCN(CC#CC(C)(C)C)CC1. The van der Waals surface area contributed by atoms with Crippen molar-refractivity contribution in [2.75, 3.05) is 129 Å². The molecule has 12 heteroatoms. The van der Waals surface area contributed by atoms with Gasteiger partial charge in [-0.05, 0) is 182 Å². The van der Waals surface area contributed by atoms with Crippen molar-refractivity contribution in [1.82, 2.24) is 39.3 Å². The summed E-state index contributed by atoms with van der Waals surface area (Å²) in [6, 6.07) is 21.2. The Hall–Kier alpha value is -5.24. The van der Waals surface area contributed by atoms with Crippen molar-refractivity contribution in [2.45, 2.75) is 206 Å². The number of rotatable bonds is 7. The maximum absolute atomic E-state index is 12.5. The molecule has 6 fully saturated rings. The molecule has 9 rings (SSSR count). The van der Waals surface area contributed by atoms with Crippen LogP contribution in [0, 0.1) is 40.4 Å². The fourth-order valence-electron chi connectivity index (χ4n) is 11.4. The third-order valence-corrected chi connectivity index (χ3v) is 17.7. The van der Waals surface area contributed by atoms with Gasteiger partial charge in [0.15, 0.2) is 0 Å². The molecular weight excluding hydrogens is 1100 g/mol. The summed E-state index contributed by atoms with van der Waals surface area (Å²) in [7, 11) is 0. The van der Waals surface area contributed by atoms with Crippen molar-refractivity contribution >= 4 is 23.5 Å². The van der Waals surface area contributed by atoms with Crippen LogP contribution in [0.4, 0.5) is 5.82 Å². The zero-order chi connectivity index (χ0) is 64.9. The van der Waals surface area contributed by atoms with Crippen molar-refractivity contribution < 1.29 is 14.4 Å². The van der Waals surface area contributed by atoms with Crippen molar-refractivity contribution in [3.63, 3.8) is 0 Å². The van der Waals surface area contributed by atoms with E-state index in [9.17, 15) is 14.4 Å². The lowest BCUT2D eigenvalue weighted by Gasteiger charge is -2.47. The van der Waals surface area contributed by atoms with E-state index in [2.05, 4.69) is 207 Å². The molecule has 6 aliphatic rings. The molecular formula is C77H125N9O3. The largest absolute Gasteiger partial charge is 0.357 e. The first kappa shape index (κ1) is 76.2. The molecule has 89 heavy (non-hydrogen) atoms.